The summed E-state index contributed by atoms with van der Waals surface area (Å²) >= 11 is 6.13. The fourth-order valence-electron chi connectivity index (χ4n) is 3.60. The third kappa shape index (κ3) is 5.70. The lowest BCUT2D eigenvalue weighted by molar-refractivity contribution is -0.132. The van der Waals surface area contributed by atoms with E-state index in [0.29, 0.717) is 43.6 Å². The number of piperazine rings is 1. The van der Waals surface area contributed by atoms with Gasteiger partial charge in [-0.15, -0.1) is 0 Å². The van der Waals surface area contributed by atoms with Crippen LogP contribution in [0.4, 0.5) is 5.69 Å². The fraction of sp³-hybridized carbons (Fsp3) is 0.409. The van der Waals surface area contributed by atoms with Crippen LogP contribution >= 0.6 is 11.6 Å². The minimum Gasteiger partial charge on any atom is -0.494 e. The molecule has 0 unspecified atom stereocenters. The lowest BCUT2D eigenvalue weighted by Crippen LogP contribution is -2.54. The molecule has 1 heterocycles. The number of amides is 1. The van der Waals surface area contributed by atoms with Gasteiger partial charge in [-0.1, -0.05) is 17.7 Å². The van der Waals surface area contributed by atoms with E-state index in [-0.39, 0.29) is 10.8 Å². The minimum atomic E-state index is -3.82. The molecule has 0 spiro atoms. The summed E-state index contributed by atoms with van der Waals surface area (Å²) in [5.74, 6) is 0.357. The predicted octanol–water partition coefficient (Wildman–Crippen LogP) is 3.06. The third-order valence-corrected chi connectivity index (χ3v) is 7.04. The van der Waals surface area contributed by atoms with E-state index >= 15 is 0 Å². The lowest BCUT2D eigenvalue weighted by atomic mass is 10.1. The Balaban J connectivity index is 1.59. The standard InChI is InChI=1S/C22H28ClN3O4S/c1-4-30-19-7-9-20(10-8-19)31(28,29)24-17(3)22(27)26-13-11-25(12-14-26)21-15-18(23)6-5-16(21)2/h5-10,15,17,24H,4,11-14H2,1-3H3/t17-/m1/s1. The van der Waals surface area contributed by atoms with Gasteiger partial charge in [-0.05, 0) is 62.7 Å². The molecule has 1 amide bonds. The summed E-state index contributed by atoms with van der Waals surface area (Å²) < 4.78 is 33.2. The number of ether oxygens (including phenoxy) is 1. The van der Waals surface area contributed by atoms with E-state index in [1.165, 1.54) is 12.1 Å². The summed E-state index contributed by atoms with van der Waals surface area (Å²) in [7, 11) is -3.82. The van der Waals surface area contributed by atoms with Crippen LogP contribution in [0.3, 0.4) is 0 Å². The van der Waals surface area contributed by atoms with E-state index in [4.69, 9.17) is 16.3 Å². The molecule has 0 aliphatic carbocycles. The van der Waals surface area contributed by atoms with Crippen molar-refractivity contribution in [3.8, 4) is 5.75 Å². The van der Waals surface area contributed by atoms with Gasteiger partial charge in [0, 0.05) is 36.9 Å². The Hall–Kier alpha value is -2.29. The third-order valence-electron chi connectivity index (χ3n) is 5.25. The SMILES string of the molecule is CCOc1ccc(S(=O)(=O)N[C@H](C)C(=O)N2CCN(c3cc(Cl)ccc3C)CC2)cc1. The van der Waals surface area contributed by atoms with Gasteiger partial charge in [-0.2, -0.15) is 4.72 Å². The number of hydrogen-bond acceptors (Lipinski definition) is 5. The molecule has 0 bridgehead atoms. The van der Waals surface area contributed by atoms with Crippen molar-refractivity contribution >= 4 is 33.2 Å². The zero-order valence-corrected chi connectivity index (χ0v) is 19.5. The second kappa shape index (κ2) is 9.89. The highest BCUT2D eigenvalue weighted by Gasteiger charge is 2.28. The Labute approximate surface area is 189 Å². The Morgan fingerprint density at radius 3 is 2.39 bits per heavy atom. The number of sulfonamides is 1. The summed E-state index contributed by atoms with van der Waals surface area (Å²) in [6.07, 6.45) is 0. The van der Waals surface area contributed by atoms with Gasteiger partial charge in [0.05, 0.1) is 17.5 Å². The molecule has 31 heavy (non-hydrogen) atoms. The molecule has 0 saturated carbocycles. The Morgan fingerprint density at radius 1 is 1.13 bits per heavy atom. The van der Waals surface area contributed by atoms with Crippen molar-refractivity contribution in [2.75, 3.05) is 37.7 Å². The summed E-state index contributed by atoms with van der Waals surface area (Å²) in [5.41, 5.74) is 2.18. The van der Waals surface area contributed by atoms with Gasteiger partial charge in [0.25, 0.3) is 0 Å². The van der Waals surface area contributed by atoms with E-state index in [2.05, 4.69) is 9.62 Å². The molecular weight excluding hydrogens is 438 g/mol. The monoisotopic (exact) mass is 465 g/mol. The molecule has 1 aliphatic heterocycles. The molecule has 2 aromatic carbocycles. The smallest absolute Gasteiger partial charge is 0.241 e. The van der Waals surface area contributed by atoms with Crippen molar-refractivity contribution in [2.24, 2.45) is 0 Å². The van der Waals surface area contributed by atoms with Crippen LogP contribution in [-0.2, 0) is 14.8 Å². The molecule has 1 N–H and O–H groups in total. The van der Waals surface area contributed by atoms with Gasteiger partial charge in [-0.3, -0.25) is 4.79 Å². The normalized spacial score (nSPS) is 15.6. The Bertz CT molecular complexity index is 1020. The van der Waals surface area contributed by atoms with Crippen molar-refractivity contribution in [1.82, 2.24) is 9.62 Å². The maximum Gasteiger partial charge on any atom is 0.241 e. The zero-order chi connectivity index (χ0) is 22.6. The largest absolute Gasteiger partial charge is 0.494 e. The molecule has 2 aromatic rings. The van der Waals surface area contributed by atoms with Crippen LogP contribution in [0, 0.1) is 6.92 Å². The molecule has 1 atom stereocenters. The van der Waals surface area contributed by atoms with E-state index in [1.54, 1.807) is 24.0 Å². The number of rotatable bonds is 7. The first kappa shape index (κ1) is 23.4. The van der Waals surface area contributed by atoms with E-state index in [1.807, 2.05) is 32.0 Å². The molecule has 9 heteroatoms. The summed E-state index contributed by atoms with van der Waals surface area (Å²) in [4.78, 5) is 16.8. The summed E-state index contributed by atoms with van der Waals surface area (Å²) in [6, 6.07) is 11.0. The fourth-order valence-corrected chi connectivity index (χ4v) is 4.96. The number of hydrogen-bond donors (Lipinski definition) is 1. The number of halogens is 1. The van der Waals surface area contributed by atoms with Crippen LogP contribution in [0.1, 0.15) is 19.4 Å². The first-order valence-corrected chi connectivity index (χ1v) is 12.1. The Kier molecular flexibility index (Phi) is 7.46. The summed E-state index contributed by atoms with van der Waals surface area (Å²) in [5, 5.41) is 0.677. The van der Waals surface area contributed by atoms with Crippen molar-refractivity contribution in [3.05, 3.63) is 53.1 Å². The van der Waals surface area contributed by atoms with E-state index < -0.39 is 16.1 Å². The molecule has 0 radical (unpaired) electrons. The number of aryl methyl sites for hydroxylation is 1. The quantitative estimate of drug-likeness (QED) is 0.679. The minimum absolute atomic E-state index is 0.0943. The molecule has 7 nitrogen and oxygen atoms in total. The van der Waals surface area contributed by atoms with Gasteiger partial charge in [0.1, 0.15) is 5.75 Å². The van der Waals surface area contributed by atoms with Crippen molar-refractivity contribution in [1.29, 1.82) is 0 Å². The molecular formula is C22H28ClN3O4S. The van der Waals surface area contributed by atoms with Gasteiger partial charge < -0.3 is 14.5 Å². The first-order chi connectivity index (χ1) is 14.7. The number of benzene rings is 2. The van der Waals surface area contributed by atoms with E-state index in [9.17, 15) is 13.2 Å². The molecule has 3 rings (SSSR count). The van der Waals surface area contributed by atoms with Crippen molar-refractivity contribution < 1.29 is 17.9 Å². The number of carbonyl (C=O) groups is 1. The van der Waals surface area contributed by atoms with Crippen LogP contribution in [0.2, 0.25) is 5.02 Å². The van der Waals surface area contributed by atoms with Crippen LogP contribution in [0.15, 0.2) is 47.4 Å². The maximum absolute atomic E-state index is 12.8. The lowest BCUT2D eigenvalue weighted by Gasteiger charge is -2.37. The number of nitrogens with one attached hydrogen (secondary N) is 1. The maximum atomic E-state index is 12.8. The van der Waals surface area contributed by atoms with Crippen LogP contribution in [0.25, 0.3) is 0 Å². The molecule has 1 saturated heterocycles. The molecule has 1 fully saturated rings. The topological polar surface area (TPSA) is 78.9 Å². The van der Waals surface area contributed by atoms with Crippen LogP contribution in [0.5, 0.6) is 5.75 Å². The number of carbonyl (C=O) groups excluding carboxylic acids is 1. The van der Waals surface area contributed by atoms with Gasteiger partial charge in [0.15, 0.2) is 0 Å². The molecule has 1 aliphatic rings. The molecule has 168 valence electrons. The average Bonchev–Trinajstić information content (AvgIpc) is 2.75. The summed E-state index contributed by atoms with van der Waals surface area (Å²) in [6.45, 7) is 8.30. The van der Waals surface area contributed by atoms with Crippen LogP contribution < -0.4 is 14.4 Å². The number of nitrogens with zero attached hydrogens (tertiary/aromatic N) is 2. The highest BCUT2D eigenvalue weighted by molar-refractivity contribution is 7.89. The second-order valence-corrected chi connectivity index (χ2v) is 9.64. The van der Waals surface area contributed by atoms with Gasteiger partial charge in [-0.25, -0.2) is 8.42 Å². The van der Waals surface area contributed by atoms with Crippen LogP contribution in [-0.4, -0.2) is 58.1 Å². The van der Waals surface area contributed by atoms with Crippen molar-refractivity contribution in [3.63, 3.8) is 0 Å². The predicted molar refractivity (Wildman–Crippen MR) is 122 cm³/mol. The highest BCUT2D eigenvalue weighted by Crippen LogP contribution is 2.25. The number of anilines is 1. The van der Waals surface area contributed by atoms with Crippen molar-refractivity contribution in [2.45, 2.75) is 31.7 Å². The van der Waals surface area contributed by atoms with E-state index in [0.717, 1.165) is 11.3 Å². The average molecular weight is 466 g/mol. The zero-order valence-electron chi connectivity index (χ0n) is 18.0. The highest BCUT2D eigenvalue weighted by atomic mass is 35.5. The van der Waals surface area contributed by atoms with Gasteiger partial charge in [0.2, 0.25) is 15.9 Å². The van der Waals surface area contributed by atoms with Gasteiger partial charge >= 0.3 is 0 Å². The second-order valence-electron chi connectivity index (χ2n) is 7.49. The first-order valence-electron chi connectivity index (χ1n) is 10.3. The Morgan fingerprint density at radius 2 is 1.77 bits per heavy atom. The molecule has 0 aromatic heterocycles.